The second kappa shape index (κ2) is 16.3. The normalized spacial score (nSPS) is 20.9. The monoisotopic (exact) mass is 604 g/mol. The van der Waals surface area contributed by atoms with Gasteiger partial charge in [-0.05, 0) is 25.0 Å². The number of nitrogens with one attached hydrogen (secondary N) is 4. The first-order valence-corrected chi connectivity index (χ1v) is 14.8. The van der Waals surface area contributed by atoms with Gasteiger partial charge in [-0.25, -0.2) is 0 Å². The highest BCUT2D eigenvalue weighted by Crippen LogP contribution is 2.10. The summed E-state index contributed by atoms with van der Waals surface area (Å²) in [7, 11) is 0. The first kappa shape index (κ1) is 32.4. The average Bonchev–Trinajstić information content (AvgIpc) is 3.49. The van der Waals surface area contributed by atoms with Crippen LogP contribution in [0, 0.1) is 0 Å². The van der Waals surface area contributed by atoms with E-state index in [2.05, 4.69) is 26.4 Å². The Morgan fingerprint density at radius 2 is 1.48 bits per heavy atom. The highest BCUT2D eigenvalue weighted by Gasteiger charge is 2.29. The zero-order valence-electron chi connectivity index (χ0n) is 25.1. The van der Waals surface area contributed by atoms with E-state index >= 15 is 0 Å². The Morgan fingerprint density at radius 3 is 2.11 bits per heavy atom. The van der Waals surface area contributed by atoms with Crippen LogP contribution in [0.5, 0.6) is 0 Å². The number of rotatable bonds is 8. The standard InChI is InChI=1S/C32H40N6O6/c1-3-43-17-16-38-15-14-33-30(40)26(18-23-10-6-4-7-11-23)36-31(41)27(19-24-12-8-5-9-13-24)35-29(39)22(2)34-32(42)28-20-25(21-38)44-37-28/h4-13,20,22,26-27H,3,14-19,21H2,1-2H3,(H,33,40)(H,34,42)(H,35,39)(H,36,41)/t22-,26+,27-/m0/s1. The van der Waals surface area contributed by atoms with E-state index in [0.717, 1.165) is 11.1 Å². The minimum absolute atomic E-state index is 0.0289. The van der Waals surface area contributed by atoms with Gasteiger partial charge in [0.2, 0.25) is 17.7 Å². The molecule has 0 saturated heterocycles. The fourth-order valence-electron chi connectivity index (χ4n) is 4.81. The van der Waals surface area contributed by atoms with Gasteiger partial charge in [-0.3, -0.25) is 24.1 Å². The van der Waals surface area contributed by atoms with Crippen molar-refractivity contribution in [1.82, 2.24) is 31.3 Å². The Morgan fingerprint density at radius 1 is 0.864 bits per heavy atom. The predicted octanol–water partition coefficient (Wildman–Crippen LogP) is 1.22. The number of carbonyl (C=O) groups excluding carboxylic acids is 4. The molecule has 3 aromatic rings. The lowest BCUT2D eigenvalue weighted by atomic mass is 10.0. The van der Waals surface area contributed by atoms with Crippen LogP contribution in [0.3, 0.4) is 0 Å². The number of fused-ring (bicyclic) bond motifs is 2. The summed E-state index contributed by atoms with van der Waals surface area (Å²) in [6.45, 7) is 6.08. The van der Waals surface area contributed by atoms with Crippen LogP contribution < -0.4 is 21.3 Å². The number of benzene rings is 2. The van der Waals surface area contributed by atoms with Crippen LogP contribution in [0.4, 0.5) is 0 Å². The molecule has 1 aromatic heterocycles. The van der Waals surface area contributed by atoms with E-state index in [0.29, 0.717) is 38.6 Å². The van der Waals surface area contributed by atoms with E-state index in [1.807, 2.05) is 72.5 Å². The molecular weight excluding hydrogens is 564 g/mol. The minimum Gasteiger partial charge on any atom is -0.380 e. The van der Waals surface area contributed by atoms with Crippen LogP contribution in [-0.2, 0) is 38.5 Å². The summed E-state index contributed by atoms with van der Waals surface area (Å²) in [4.78, 5) is 55.4. The van der Waals surface area contributed by atoms with Gasteiger partial charge in [0.15, 0.2) is 11.5 Å². The summed E-state index contributed by atoms with van der Waals surface area (Å²) in [5.41, 5.74) is 1.72. The maximum atomic E-state index is 13.7. The third-order valence-corrected chi connectivity index (χ3v) is 7.23. The SMILES string of the molecule is CCOCCN1CCNC(=O)[C@@H](Cc2ccccc2)NC(=O)[C@H](Cc2ccccc2)NC(=O)[C@H](C)NC(=O)c2cc(on2)C1. The molecule has 3 atom stereocenters. The van der Waals surface area contributed by atoms with Crippen molar-refractivity contribution in [2.45, 2.75) is 51.4 Å². The average molecular weight is 605 g/mol. The number of amides is 4. The van der Waals surface area contributed by atoms with Crippen LogP contribution in [0.2, 0.25) is 0 Å². The molecule has 0 fully saturated rings. The molecule has 4 rings (SSSR count). The summed E-state index contributed by atoms with van der Waals surface area (Å²) < 4.78 is 10.9. The van der Waals surface area contributed by atoms with E-state index in [1.165, 1.54) is 13.0 Å². The lowest BCUT2D eigenvalue weighted by molar-refractivity contribution is -0.132. The van der Waals surface area contributed by atoms with E-state index in [9.17, 15) is 19.2 Å². The molecule has 0 saturated carbocycles. The highest BCUT2D eigenvalue weighted by atomic mass is 16.5. The first-order valence-electron chi connectivity index (χ1n) is 14.8. The molecule has 44 heavy (non-hydrogen) atoms. The van der Waals surface area contributed by atoms with E-state index in [1.54, 1.807) is 0 Å². The van der Waals surface area contributed by atoms with E-state index in [4.69, 9.17) is 9.26 Å². The molecule has 0 unspecified atom stereocenters. The van der Waals surface area contributed by atoms with Crippen LogP contribution in [0.25, 0.3) is 0 Å². The molecule has 0 spiro atoms. The topological polar surface area (TPSA) is 155 Å². The highest BCUT2D eigenvalue weighted by molar-refractivity contribution is 5.97. The predicted molar refractivity (Wildman–Crippen MR) is 162 cm³/mol. The largest absolute Gasteiger partial charge is 0.380 e. The molecule has 4 N–H and O–H groups in total. The summed E-state index contributed by atoms with van der Waals surface area (Å²) in [5, 5.41) is 15.1. The maximum Gasteiger partial charge on any atom is 0.274 e. The van der Waals surface area contributed by atoms with E-state index < -0.39 is 35.8 Å². The second-order valence-electron chi connectivity index (χ2n) is 10.6. The molecular formula is C32H40N6O6. The second-order valence-corrected chi connectivity index (χ2v) is 10.6. The number of hydrogen-bond donors (Lipinski definition) is 4. The number of aromatic nitrogens is 1. The molecule has 2 heterocycles. The van der Waals surface area contributed by atoms with Gasteiger partial charge in [-0.2, -0.15) is 0 Å². The minimum atomic E-state index is -1.01. The number of hydrogen-bond acceptors (Lipinski definition) is 8. The van der Waals surface area contributed by atoms with Crippen LogP contribution >= 0.6 is 0 Å². The van der Waals surface area contributed by atoms with Crippen molar-refractivity contribution in [3.8, 4) is 0 Å². The fourth-order valence-corrected chi connectivity index (χ4v) is 4.81. The Bertz CT molecular complexity index is 1380. The number of ether oxygens (including phenoxy) is 1. The Hall–Kier alpha value is -4.55. The lowest BCUT2D eigenvalue weighted by Gasteiger charge is -2.25. The molecule has 1 aliphatic rings. The molecule has 4 amide bonds. The summed E-state index contributed by atoms with van der Waals surface area (Å²) in [6.07, 6.45) is 0.436. The molecule has 234 valence electrons. The third kappa shape index (κ3) is 9.75. The number of carbonyl (C=O) groups is 4. The van der Waals surface area contributed by atoms with Crippen molar-refractivity contribution in [1.29, 1.82) is 0 Å². The van der Waals surface area contributed by atoms with Gasteiger partial charge in [0.25, 0.3) is 5.91 Å². The van der Waals surface area contributed by atoms with Crippen molar-refractivity contribution in [2.24, 2.45) is 0 Å². The van der Waals surface area contributed by atoms with Crippen LogP contribution in [-0.4, -0.2) is 84.7 Å². The van der Waals surface area contributed by atoms with Gasteiger partial charge in [0.05, 0.1) is 13.2 Å². The van der Waals surface area contributed by atoms with Gasteiger partial charge in [0.1, 0.15) is 18.1 Å². The van der Waals surface area contributed by atoms with Gasteiger partial charge in [-0.1, -0.05) is 65.8 Å². The fraction of sp³-hybridized carbons (Fsp3) is 0.406. The van der Waals surface area contributed by atoms with Crippen molar-refractivity contribution in [2.75, 3.05) is 32.8 Å². The van der Waals surface area contributed by atoms with Gasteiger partial charge >= 0.3 is 0 Å². The Kier molecular flexibility index (Phi) is 12.0. The first-order chi connectivity index (χ1) is 21.3. The van der Waals surface area contributed by atoms with Crippen molar-refractivity contribution >= 4 is 23.6 Å². The van der Waals surface area contributed by atoms with Gasteiger partial charge < -0.3 is 30.5 Å². The molecule has 0 radical (unpaired) electrons. The Labute approximate surface area is 256 Å². The molecule has 2 bridgehead atoms. The molecule has 0 aliphatic carbocycles. The van der Waals surface area contributed by atoms with E-state index in [-0.39, 0.29) is 31.0 Å². The zero-order chi connectivity index (χ0) is 31.3. The van der Waals surface area contributed by atoms with Crippen molar-refractivity contribution in [3.05, 3.63) is 89.3 Å². The number of nitrogens with zero attached hydrogens (tertiary/aromatic N) is 2. The maximum absolute atomic E-state index is 13.7. The van der Waals surface area contributed by atoms with Crippen LogP contribution in [0.1, 0.15) is 41.2 Å². The third-order valence-electron chi connectivity index (χ3n) is 7.23. The Balaban J connectivity index is 1.61. The van der Waals surface area contributed by atoms with Gasteiger partial charge in [-0.15, -0.1) is 0 Å². The molecule has 1 aliphatic heterocycles. The summed E-state index contributed by atoms with van der Waals surface area (Å²) in [5.74, 6) is -1.56. The van der Waals surface area contributed by atoms with Crippen molar-refractivity contribution < 1.29 is 28.4 Å². The summed E-state index contributed by atoms with van der Waals surface area (Å²) in [6, 6.07) is 17.3. The molecule has 2 aromatic carbocycles. The van der Waals surface area contributed by atoms with Crippen molar-refractivity contribution in [3.63, 3.8) is 0 Å². The molecule has 12 nitrogen and oxygen atoms in total. The summed E-state index contributed by atoms with van der Waals surface area (Å²) >= 11 is 0. The zero-order valence-corrected chi connectivity index (χ0v) is 25.1. The van der Waals surface area contributed by atoms with Gasteiger partial charge in [0, 0.05) is 45.1 Å². The quantitative estimate of drug-likeness (QED) is 0.280. The van der Waals surface area contributed by atoms with Crippen LogP contribution in [0.15, 0.2) is 71.3 Å². The molecule has 12 heteroatoms. The smallest absolute Gasteiger partial charge is 0.274 e. The lowest BCUT2D eigenvalue weighted by Crippen LogP contribution is -2.57.